The van der Waals surface area contributed by atoms with Gasteiger partial charge in [0.05, 0.1) is 5.69 Å². The first-order chi connectivity index (χ1) is 16.3. The van der Waals surface area contributed by atoms with Crippen molar-refractivity contribution >= 4 is 52.8 Å². The van der Waals surface area contributed by atoms with Crippen LogP contribution in [0, 0.1) is 0 Å². The molecule has 1 aliphatic rings. The smallest absolute Gasteiger partial charge is 0.335 e. The predicted molar refractivity (Wildman–Crippen MR) is 134 cm³/mol. The Balaban J connectivity index is 1.64. The van der Waals surface area contributed by atoms with Crippen molar-refractivity contribution in [3.05, 3.63) is 93.2 Å². The molecule has 0 spiro atoms. The average Bonchev–Trinajstić information content (AvgIpc) is 3.25. The molecule has 1 N–H and O–H groups in total. The topological polar surface area (TPSA) is 71.4 Å². The molecule has 0 radical (unpaired) electrons. The Kier molecular flexibility index (Phi) is 6.91. The van der Waals surface area contributed by atoms with E-state index in [1.54, 1.807) is 36.4 Å². The van der Waals surface area contributed by atoms with Crippen LogP contribution in [0.1, 0.15) is 43.0 Å². The maximum atomic E-state index is 13.2. The van der Waals surface area contributed by atoms with Gasteiger partial charge in [0.1, 0.15) is 5.57 Å². The number of urea groups is 1. The minimum atomic E-state index is -0.772. The average molecular weight is 496 g/mol. The number of aromatic nitrogens is 1. The highest BCUT2D eigenvalue weighted by molar-refractivity contribution is 6.39. The fourth-order valence-electron chi connectivity index (χ4n) is 3.76. The van der Waals surface area contributed by atoms with Gasteiger partial charge in [-0.05, 0) is 65.9 Å². The van der Waals surface area contributed by atoms with Crippen molar-refractivity contribution in [3.63, 3.8) is 0 Å². The molecule has 3 aromatic rings. The van der Waals surface area contributed by atoms with E-state index in [0.29, 0.717) is 33.9 Å². The second-order valence-corrected chi connectivity index (χ2v) is 9.00. The molecule has 2 aromatic carbocycles. The zero-order chi connectivity index (χ0) is 24.4. The molecule has 8 heteroatoms. The first-order valence-corrected chi connectivity index (χ1v) is 11.6. The Labute approximate surface area is 207 Å². The Morgan fingerprint density at radius 3 is 2.44 bits per heavy atom. The van der Waals surface area contributed by atoms with Crippen LogP contribution in [-0.4, -0.2) is 22.4 Å². The van der Waals surface area contributed by atoms with E-state index in [1.807, 2.05) is 29.0 Å². The molecular formula is C26H23Cl2N3O3. The van der Waals surface area contributed by atoms with Gasteiger partial charge >= 0.3 is 6.03 Å². The first-order valence-electron chi connectivity index (χ1n) is 10.9. The summed E-state index contributed by atoms with van der Waals surface area (Å²) in [6, 6.07) is 15.3. The van der Waals surface area contributed by atoms with Crippen LogP contribution in [0.5, 0.6) is 0 Å². The third-order valence-corrected chi connectivity index (χ3v) is 6.53. The van der Waals surface area contributed by atoms with Crippen molar-refractivity contribution in [1.82, 2.24) is 9.88 Å². The number of carbonyl (C=O) groups excluding carboxylic acids is 3. The summed E-state index contributed by atoms with van der Waals surface area (Å²) < 4.78 is 1.85. The molecule has 1 fully saturated rings. The van der Waals surface area contributed by atoms with Crippen LogP contribution in [-0.2, 0) is 16.1 Å². The van der Waals surface area contributed by atoms with E-state index in [-0.39, 0.29) is 5.57 Å². The van der Waals surface area contributed by atoms with Gasteiger partial charge in [-0.1, -0.05) is 55.2 Å². The number of nitrogens with one attached hydrogen (secondary N) is 1. The second kappa shape index (κ2) is 9.87. The molecule has 1 aromatic heterocycles. The Bertz CT molecular complexity index is 1290. The normalized spacial score (nSPS) is 16.2. The van der Waals surface area contributed by atoms with Crippen molar-refractivity contribution in [2.24, 2.45) is 0 Å². The zero-order valence-electron chi connectivity index (χ0n) is 18.7. The Hall–Kier alpha value is -3.35. The summed E-state index contributed by atoms with van der Waals surface area (Å²) in [6.45, 7) is 4.62. The van der Waals surface area contributed by atoms with E-state index >= 15 is 0 Å². The van der Waals surface area contributed by atoms with Gasteiger partial charge in [0.15, 0.2) is 0 Å². The maximum Gasteiger partial charge on any atom is 0.335 e. The van der Waals surface area contributed by atoms with E-state index in [2.05, 4.69) is 19.2 Å². The summed E-state index contributed by atoms with van der Waals surface area (Å²) in [5.74, 6) is -1.05. The molecule has 1 saturated heterocycles. The fraction of sp³-hybridized carbons (Fsp3) is 0.192. The number of hydrogen-bond acceptors (Lipinski definition) is 3. The van der Waals surface area contributed by atoms with Crippen LogP contribution in [0.15, 0.2) is 66.4 Å². The number of nitrogens with zero attached hydrogens (tertiary/aromatic N) is 2. The highest BCUT2D eigenvalue weighted by atomic mass is 35.5. The van der Waals surface area contributed by atoms with Gasteiger partial charge in [-0.2, -0.15) is 0 Å². The number of anilines is 1. The third-order valence-electron chi connectivity index (χ3n) is 5.95. The summed E-state index contributed by atoms with van der Waals surface area (Å²) in [6.07, 6.45) is 4.28. The van der Waals surface area contributed by atoms with Crippen molar-refractivity contribution < 1.29 is 14.4 Å². The standard InChI is InChI=1S/C26H23Cl2N3O3/c1-3-16(2)17-7-10-20(11-8-17)31-25(33)22(24(32)29-26(31)34)14-21-5-4-12-30(21)15-18-6-9-19(27)13-23(18)28/h4-14,16H,3,15H2,1-2H3,(H,29,32,34)/b22-14-. The summed E-state index contributed by atoms with van der Waals surface area (Å²) in [4.78, 5) is 39.3. The van der Waals surface area contributed by atoms with E-state index < -0.39 is 17.8 Å². The molecule has 6 nitrogen and oxygen atoms in total. The van der Waals surface area contributed by atoms with Gasteiger partial charge in [-0.15, -0.1) is 0 Å². The molecule has 4 amide bonds. The van der Waals surface area contributed by atoms with Crippen LogP contribution < -0.4 is 10.2 Å². The van der Waals surface area contributed by atoms with Crippen LogP contribution in [0.25, 0.3) is 6.08 Å². The maximum absolute atomic E-state index is 13.2. The third kappa shape index (κ3) is 4.79. The summed E-state index contributed by atoms with van der Waals surface area (Å²) in [7, 11) is 0. The van der Waals surface area contributed by atoms with Gasteiger partial charge in [0, 0.05) is 28.5 Å². The Morgan fingerprint density at radius 1 is 1.03 bits per heavy atom. The largest absolute Gasteiger partial charge is 0.343 e. The quantitative estimate of drug-likeness (QED) is 0.335. The lowest BCUT2D eigenvalue weighted by molar-refractivity contribution is -0.122. The first kappa shape index (κ1) is 23.8. The van der Waals surface area contributed by atoms with E-state index in [4.69, 9.17) is 23.2 Å². The molecule has 2 heterocycles. The number of rotatable bonds is 6. The highest BCUT2D eigenvalue weighted by Crippen LogP contribution is 2.26. The summed E-state index contributed by atoms with van der Waals surface area (Å²) >= 11 is 12.3. The molecule has 0 saturated carbocycles. The summed E-state index contributed by atoms with van der Waals surface area (Å²) in [5, 5.41) is 3.32. The molecule has 1 atom stereocenters. The van der Waals surface area contributed by atoms with E-state index in [9.17, 15) is 14.4 Å². The van der Waals surface area contributed by atoms with Gasteiger partial charge in [0.2, 0.25) is 0 Å². The number of carbonyl (C=O) groups is 3. The minimum Gasteiger partial charge on any atom is -0.343 e. The zero-order valence-corrected chi connectivity index (χ0v) is 20.2. The lowest BCUT2D eigenvalue weighted by atomic mass is 9.98. The number of benzene rings is 2. The van der Waals surface area contributed by atoms with Crippen LogP contribution in [0.2, 0.25) is 10.0 Å². The molecule has 4 rings (SSSR count). The van der Waals surface area contributed by atoms with Gasteiger partial charge in [-0.3, -0.25) is 14.9 Å². The van der Waals surface area contributed by atoms with Crippen molar-refractivity contribution in [2.45, 2.75) is 32.7 Å². The van der Waals surface area contributed by atoms with Gasteiger partial charge < -0.3 is 4.57 Å². The molecule has 1 aliphatic heterocycles. The van der Waals surface area contributed by atoms with Gasteiger partial charge in [-0.25, -0.2) is 9.69 Å². The number of amides is 4. The molecular weight excluding hydrogens is 473 g/mol. The second-order valence-electron chi connectivity index (χ2n) is 8.16. The molecule has 0 aliphatic carbocycles. The summed E-state index contributed by atoms with van der Waals surface area (Å²) in [5.41, 5.74) is 2.83. The SMILES string of the molecule is CCC(C)c1ccc(N2C(=O)NC(=O)/C(=C/c3cccn3Cc3ccc(Cl)cc3Cl)C2=O)cc1. The van der Waals surface area contributed by atoms with Crippen LogP contribution in [0.3, 0.4) is 0 Å². The number of hydrogen-bond donors (Lipinski definition) is 1. The van der Waals surface area contributed by atoms with Crippen LogP contribution >= 0.6 is 23.2 Å². The lowest BCUT2D eigenvalue weighted by Crippen LogP contribution is -2.54. The lowest BCUT2D eigenvalue weighted by Gasteiger charge is -2.26. The highest BCUT2D eigenvalue weighted by Gasteiger charge is 2.37. The van der Waals surface area contributed by atoms with Crippen molar-refractivity contribution in [2.75, 3.05) is 4.90 Å². The van der Waals surface area contributed by atoms with Crippen molar-refractivity contribution in [3.8, 4) is 0 Å². The fourth-order valence-corrected chi connectivity index (χ4v) is 4.23. The van der Waals surface area contributed by atoms with E-state index in [1.165, 1.54) is 6.08 Å². The van der Waals surface area contributed by atoms with Crippen molar-refractivity contribution in [1.29, 1.82) is 0 Å². The predicted octanol–water partition coefficient (Wildman–Crippen LogP) is 6.02. The Morgan fingerprint density at radius 2 is 1.76 bits per heavy atom. The molecule has 0 bridgehead atoms. The minimum absolute atomic E-state index is 0.132. The number of barbiturate groups is 1. The van der Waals surface area contributed by atoms with Crippen LogP contribution in [0.4, 0.5) is 10.5 Å². The monoisotopic (exact) mass is 495 g/mol. The molecule has 1 unspecified atom stereocenters. The van der Waals surface area contributed by atoms with Gasteiger partial charge in [0.25, 0.3) is 11.8 Å². The number of halogens is 2. The molecule has 34 heavy (non-hydrogen) atoms. The van der Waals surface area contributed by atoms with E-state index in [0.717, 1.165) is 22.4 Å². The molecule has 174 valence electrons. The number of imide groups is 2.